The van der Waals surface area contributed by atoms with E-state index in [9.17, 15) is 4.79 Å². The number of aliphatic hydroxyl groups is 1. The van der Waals surface area contributed by atoms with Gasteiger partial charge in [0.1, 0.15) is 6.10 Å². The van der Waals surface area contributed by atoms with Gasteiger partial charge in [-0.25, -0.2) is 0 Å². The number of hydrogen-bond acceptors (Lipinski definition) is 3. The van der Waals surface area contributed by atoms with Gasteiger partial charge in [0.2, 0.25) is 5.91 Å². The van der Waals surface area contributed by atoms with Gasteiger partial charge < -0.3 is 10.4 Å². The van der Waals surface area contributed by atoms with Gasteiger partial charge in [0.15, 0.2) is 0 Å². The summed E-state index contributed by atoms with van der Waals surface area (Å²) in [5.74, 6) is -0.318. The molecule has 4 heteroatoms. The molecule has 0 spiro atoms. The van der Waals surface area contributed by atoms with Crippen LogP contribution in [0, 0.1) is 0 Å². The molecule has 0 aliphatic heterocycles. The van der Waals surface area contributed by atoms with Gasteiger partial charge >= 0.3 is 0 Å². The number of rotatable bonds is 6. The van der Waals surface area contributed by atoms with Crippen LogP contribution in [0.3, 0.4) is 0 Å². The number of aliphatic hydroxyl groups excluding tert-OH is 1. The molecule has 18 heavy (non-hydrogen) atoms. The van der Waals surface area contributed by atoms with E-state index in [4.69, 9.17) is 5.11 Å². The normalized spacial score (nSPS) is 12.5. The molecule has 1 unspecified atom stereocenters. The Hall–Kier alpha value is -1.00. The van der Waals surface area contributed by atoms with Crippen LogP contribution in [0.15, 0.2) is 29.2 Å². The lowest BCUT2D eigenvalue weighted by molar-refractivity contribution is -0.128. The highest BCUT2D eigenvalue weighted by Gasteiger charge is 2.06. The van der Waals surface area contributed by atoms with Gasteiger partial charge in [-0.2, -0.15) is 0 Å². The van der Waals surface area contributed by atoms with Crippen molar-refractivity contribution in [2.75, 3.05) is 6.54 Å². The SMILES string of the molecule is CC(C)Sc1ccc(CCNC(=O)C(C)O)cc1. The summed E-state index contributed by atoms with van der Waals surface area (Å²) >= 11 is 1.84. The summed E-state index contributed by atoms with van der Waals surface area (Å²) in [6.07, 6.45) is -0.153. The third-order valence-corrected chi connectivity index (χ3v) is 3.40. The number of carbonyl (C=O) groups is 1. The molecule has 0 fully saturated rings. The Morgan fingerprint density at radius 2 is 1.89 bits per heavy atom. The largest absolute Gasteiger partial charge is 0.384 e. The summed E-state index contributed by atoms with van der Waals surface area (Å²) in [5.41, 5.74) is 1.19. The molecule has 0 saturated carbocycles. The number of thioether (sulfide) groups is 1. The zero-order valence-corrected chi connectivity index (χ0v) is 12.0. The molecule has 1 aromatic carbocycles. The summed E-state index contributed by atoms with van der Waals surface area (Å²) in [5, 5.41) is 12.3. The van der Waals surface area contributed by atoms with Crippen LogP contribution in [0.2, 0.25) is 0 Å². The highest BCUT2D eigenvalue weighted by molar-refractivity contribution is 7.99. The molecule has 0 aliphatic rings. The molecule has 1 aromatic rings. The minimum Gasteiger partial charge on any atom is -0.384 e. The number of hydrogen-bond donors (Lipinski definition) is 2. The quantitative estimate of drug-likeness (QED) is 0.777. The first-order chi connectivity index (χ1) is 8.49. The van der Waals surface area contributed by atoms with E-state index < -0.39 is 6.10 Å². The van der Waals surface area contributed by atoms with E-state index in [1.807, 2.05) is 11.8 Å². The Labute approximate surface area is 113 Å². The minimum absolute atomic E-state index is 0.318. The predicted octanol–water partition coefficient (Wildman–Crippen LogP) is 2.23. The molecular weight excluding hydrogens is 246 g/mol. The summed E-state index contributed by atoms with van der Waals surface area (Å²) in [6, 6.07) is 8.38. The molecule has 0 heterocycles. The Morgan fingerprint density at radius 3 is 2.39 bits per heavy atom. The van der Waals surface area contributed by atoms with Crippen molar-refractivity contribution in [1.29, 1.82) is 0 Å². The van der Waals surface area contributed by atoms with Gasteiger partial charge in [-0.1, -0.05) is 26.0 Å². The van der Waals surface area contributed by atoms with Gasteiger partial charge in [0.25, 0.3) is 0 Å². The fraction of sp³-hybridized carbons (Fsp3) is 0.500. The molecule has 100 valence electrons. The van der Waals surface area contributed by atoms with Crippen LogP contribution in [-0.2, 0) is 11.2 Å². The number of carbonyl (C=O) groups excluding carboxylic acids is 1. The van der Waals surface area contributed by atoms with E-state index in [1.165, 1.54) is 17.4 Å². The summed E-state index contributed by atoms with van der Waals surface area (Å²) in [6.45, 7) is 6.36. The van der Waals surface area contributed by atoms with Crippen LogP contribution in [0.1, 0.15) is 26.3 Å². The van der Waals surface area contributed by atoms with Crippen molar-refractivity contribution >= 4 is 17.7 Å². The van der Waals surface area contributed by atoms with E-state index in [0.29, 0.717) is 11.8 Å². The first kappa shape index (κ1) is 15.1. The van der Waals surface area contributed by atoms with E-state index in [2.05, 4.69) is 43.4 Å². The maximum absolute atomic E-state index is 11.1. The monoisotopic (exact) mass is 267 g/mol. The van der Waals surface area contributed by atoms with Crippen molar-refractivity contribution in [2.45, 2.75) is 43.4 Å². The third-order valence-electron chi connectivity index (χ3n) is 2.39. The third kappa shape index (κ3) is 5.56. The lowest BCUT2D eigenvalue weighted by Crippen LogP contribution is -2.33. The lowest BCUT2D eigenvalue weighted by atomic mass is 10.1. The molecule has 0 aliphatic carbocycles. The standard InChI is InChI=1S/C14H21NO2S/c1-10(2)18-13-6-4-12(5-7-13)8-9-15-14(17)11(3)16/h4-7,10-11,16H,8-9H2,1-3H3,(H,15,17). The smallest absolute Gasteiger partial charge is 0.248 e. The molecule has 1 atom stereocenters. The average Bonchev–Trinajstić information content (AvgIpc) is 2.30. The molecule has 0 radical (unpaired) electrons. The molecule has 0 saturated heterocycles. The lowest BCUT2D eigenvalue weighted by Gasteiger charge is -2.08. The predicted molar refractivity (Wildman–Crippen MR) is 75.8 cm³/mol. The van der Waals surface area contributed by atoms with E-state index in [0.717, 1.165) is 6.42 Å². The van der Waals surface area contributed by atoms with Crippen molar-refractivity contribution in [3.8, 4) is 0 Å². The molecule has 3 nitrogen and oxygen atoms in total. The van der Waals surface area contributed by atoms with Gasteiger partial charge in [-0.15, -0.1) is 11.8 Å². The first-order valence-corrected chi connectivity index (χ1v) is 7.08. The van der Waals surface area contributed by atoms with Crippen LogP contribution >= 0.6 is 11.8 Å². The Morgan fingerprint density at radius 1 is 1.28 bits per heavy atom. The summed E-state index contributed by atoms with van der Waals surface area (Å²) in [4.78, 5) is 12.4. The highest BCUT2D eigenvalue weighted by atomic mass is 32.2. The fourth-order valence-electron chi connectivity index (χ4n) is 1.48. The van der Waals surface area contributed by atoms with Gasteiger partial charge in [0, 0.05) is 16.7 Å². The molecular formula is C14H21NO2S. The van der Waals surface area contributed by atoms with E-state index in [1.54, 1.807) is 0 Å². The van der Waals surface area contributed by atoms with Crippen molar-refractivity contribution < 1.29 is 9.90 Å². The molecule has 0 aromatic heterocycles. The van der Waals surface area contributed by atoms with E-state index >= 15 is 0 Å². The molecule has 0 bridgehead atoms. The first-order valence-electron chi connectivity index (χ1n) is 6.20. The van der Waals surface area contributed by atoms with Crippen LogP contribution in [0.5, 0.6) is 0 Å². The van der Waals surface area contributed by atoms with Crippen molar-refractivity contribution in [3.05, 3.63) is 29.8 Å². The zero-order chi connectivity index (χ0) is 13.5. The minimum atomic E-state index is -0.935. The number of amides is 1. The van der Waals surface area contributed by atoms with Crippen LogP contribution in [0.25, 0.3) is 0 Å². The van der Waals surface area contributed by atoms with Crippen LogP contribution in [-0.4, -0.2) is 28.9 Å². The second kappa shape index (κ2) is 7.44. The Balaban J connectivity index is 2.37. The number of benzene rings is 1. The fourth-order valence-corrected chi connectivity index (χ4v) is 2.32. The second-order valence-electron chi connectivity index (χ2n) is 4.53. The summed E-state index contributed by atoms with van der Waals surface area (Å²) in [7, 11) is 0. The van der Waals surface area contributed by atoms with E-state index in [-0.39, 0.29) is 5.91 Å². The highest BCUT2D eigenvalue weighted by Crippen LogP contribution is 2.22. The van der Waals surface area contributed by atoms with Gasteiger partial charge in [0.05, 0.1) is 0 Å². The summed E-state index contributed by atoms with van der Waals surface area (Å²) < 4.78 is 0. The molecule has 1 rings (SSSR count). The Kier molecular flexibility index (Phi) is 6.22. The van der Waals surface area contributed by atoms with Gasteiger partial charge in [-0.05, 0) is 31.0 Å². The van der Waals surface area contributed by atoms with Crippen LogP contribution < -0.4 is 5.32 Å². The maximum atomic E-state index is 11.1. The van der Waals surface area contributed by atoms with Crippen LogP contribution in [0.4, 0.5) is 0 Å². The second-order valence-corrected chi connectivity index (χ2v) is 6.18. The zero-order valence-electron chi connectivity index (χ0n) is 11.1. The van der Waals surface area contributed by atoms with Crippen molar-refractivity contribution in [3.63, 3.8) is 0 Å². The number of nitrogens with one attached hydrogen (secondary N) is 1. The van der Waals surface area contributed by atoms with Crippen molar-refractivity contribution in [1.82, 2.24) is 5.32 Å². The van der Waals surface area contributed by atoms with Crippen molar-refractivity contribution in [2.24, 2.45) is 0 Å². The average molecular weight is 267 g/mol. The molecule has 2 N–H and O–H groups in total. The maximum Gasteiger partial charge on any atom is 0.248 e. The van der Waals surface area contributed by atoms with Gasteiger partial charge in [-0.3, -0.25) is 4.79 Å². The molecule has 1 amide bonds. The topological polar surface area (TPSA) is 49.3 Å². The Bertz CT molecular complexity index is 374.